The number of alkyl halides is 1. The fraction of sp³-hybridized carbons (Fsp3) is 0.533. The normalized spacial score (nSPS) is 19.1. The quantitative estimate of drug-likeness (QED) is 0.773. The molecule has 1 aliphatic heterocycles. The van der Waals surface area contributed by atoms with Gasteiger partial charge in [0, 0.05) is 25.7 Å². The highest BCUT2D eigenvalue weighted by Crippen LogP contribution is 2.19. The molecule has 1 aliphatic rings. The van der Waals surface area contributed by atoms with Crippen LogP contribution in [0, 0.1) is 0 Å². The van der Waals surface area contributed by atoms with Crippen LogP contribution < -0.4 is 0 Å². The van der Waals surface area contributed by atoms with Crippen molar-refractivity contribution in [2.24, 2.45) is 0 Å². The summed E-state index contributed by atoms with van der Waals surface area (Å²) in [4.78, 5) is 16.0. The van der Waals surface area contributed by atoms with Gasteiger partial charge in [-0.25, -0.2) is 0 Å². The summed E-state index contributed by atoms with van der Waals surface area (Å²) in [5.41, 5.74) is 1.30. The van der Waals surface area contributed by atoms with Crippen molar-refractivity contribution >= 4 is 17.5 Å². The fourth-order valence-corrected chi connectivity index (χ4v) is 2.90. The third kappa shape index (κ3) is 3.95. The van der Waals surface area contributed by atoms with Gasteiger partial charge in [-0.1, -0.05) is 30.3 Å². The third-order valence-electron chi connectivity index (χ3n) is 3.63. The number of halogens is 1. The van der Waals surface area contributed by atoms with Gasteiger partial charge in [0.25, 0.3) is 0 Å². The number of nitrogens with zero attached hydrogens (tertiary/aromatic N) is 2. The summed E-state index contributed by atoms with van der Waals surface area (Å²) < 4.78 is 0. The van der Waals surface area contributed by atoms with Gasteiger partial charge in [-0.2, -0.15) is 0 Å². The molecule has 0 unspecified atom stereocenters. The maximum atomic E-state index is 11.7. The van der Waals surface area contributed by atoms with Crippen LogP contribution in [-0.2, 0) is 11.3 Å². The molecule has 1 fully saturated rings. The van der Waals surface area contributed by atoms with E-state index in [9.17, 15) is 4.79 Å². The maximum Gasteiger partial charge on any atom is 0.237 e. The van der Waals surface area contributed by atoms with E-state index in [1.54, 1.807) is 0 Å². The number of likely N-dealkylation sites (N-methyl/N-ethyl adjacent to an activating group) is 1. The largest absolute Gasteiger partial charge is 0.337 e. The molecule has 0 bridgehead atoms. The second-order valence-corrected chi connectivity index (χ2v) is 5.47. The number of benzene rings is 1. The minimum atomic E-state index is 0.0669. The monoisotopic (exact) mass is 280 g/mol. The van der Waals surface area contributed by atoms with E-state index in [0.29, 0.717) is 6.04 Å². The fourth-order valence-electron chi connectivity index (χ4n) is 2.75. The second kappa shape index (κ2) is 6.92. The Morgan fingerprint density at radius 3 is 2.84 bits per heavy atom. The molecule has 1 atom stereocenters. The third-order valence-corrected chi connectivity index (χ3v) is 3.86. The summed E-state index contributed by atoms with van der Waals surface area (Å²) >= 11 is 5.66. The van der Waals surface area contributed by atoms with Crippen LogP contribution in [0.15, 0.2) is 30.3 Å². The van der Waals surface area contributed by atoms with E-state index in [4.69, 9.17) is 11.6 Å². The molecule has 3 nitrogen and oxygen atoms in total. The zero-order valence-electron chi connectivity index (χ0n) is 11.4. The molecule has 0 spiro atoms. The van der Waals surface area contributed by atoms with Crippen LogP contribution in [0.3, 0.4) is 0 Å². The van der Waals surface area contributed by atoms with E-state index in [0.717, 1.165) is 32.5 Å². The molecule has 0 aromatic heterocycles. The second-order valence-electron chi connectivity index (χ2n) is 5.20. The Bertz CT molecular complexity index is 410. The Kier molecular flexibility index (Phi) is 5.23. The van der Waals surface area contributed by atoms with E-state index >= 15 is 0 Å². The van der Waals surface area contributed by atoms with Crippen molar-refractivity contribution in [1.29, 1.82) is 0 Å². The maximum absolute atomic E-state index is 11.7. The lowest BCUT2D eigenvalue weighted by molar-refractivity contribution is -0.129. The van der Waals surface area contributed by atoms with Crippen molar-refractivity contribution in [2.45, 2.75) is 25.4 Å². The zero-order valence-corrected chi connectivity index (χ0v) is 12.1. The molecule has 2 rings (SSSR count). The standard InChI is InChI=1S/C15H21ClN2O/c1-17(11-13-6-3-2-4-7-13)12-14-8-5-9-18(14)15(19)10-16/h2-4,6-7,14H,5,8-12H2,1H3/t14-/m1/s1. The van der Waals surface area contributed by atoms with Crippen molar-refractivity contribution < 1.29 is 4.79 Å². The van der Waals surface area contributed by atoms with Crippen molar-refractivity contribution in [1.82, 2.24) is 9.80 Å². The van der Waals surface area contributed by atoms with Crippen molar-refractivity contribution in [3.05, 3.63) is 35.9 Å². The highest BCUT2D eigenvalue weighted by molar-refractivity contribution is 6.27. The number of hydrogen-bond acceptors (Lipinski definition) is 2. The average Bonchev–Trinajstić information content (AvgIpc) is 2.87. The Morgan fingerprint density at radius 2 is 2.16 bits per heavy atom. The van der Waals surface area contributed by atoms with Crippen LogP contribution in [0.5, 0.6) is 0 Å². The van der Waals surface area contributed by atoms with Gasteiger partial charge in [0.2, 0.25) is 5.91 Å². The lowest BCUT2D eigenvalue weighted by atomic mass is 10.2. The van der Waals surface area contributed by atoms with E-state index in [2.05, 4.69) is 36.2 Å². The molecule has 1 aromatic rings. The first-order valence-electron chi connectivity index (χ1n) is 6.78. The van der Waals surface area contributed by atoms with Crippen LogP contribution in [0.1, 0.15) is 18.4 Å². The van der Waals surface area contributed by atoms with Crippen LogP contribution in [0.25, 0.3) is 0 Å². The van der Waals surface area contributed by atoms with Gasteiger partial charge in [0.05, 0.1) is 0 Å². The molecule has 104 valence electrons. The van der Waals surface area contributed by atoms with Crippen molar-refractivity contribution in [3.8, 4) is 0 Å². The average molecular weight is 281 g/mol. The molecule has 0 aliphatic carbocycles. The van der Waals surface area contributed by atoms with E-state index < -0.39 is 0 Å². The van der Waals surface area contributed by atoms with Crippen LogP contribution in [-0.4, -0.2) is 47.8 Å². The SMILES string of the molecule is CN(Cc1ccccc1)C[C@H]1CCCN1C(=O)CCl. The highest BCUT2D eigenvalue weighted by atomic mass is 35.5. The van der Waals surface area contributed by atoms with Gasteiger partial charge in [-0.15, -0.1) is 11.6 Å². The first-order valence-corrected chi connectivity index (χ1v) is 7.32. The molecule has 1 amide bonds. The molecular weight excluding hydrogens is 260 g/mol. The van der Waals surface area contributed by atoms with Crippen LogP contribution in [0.4, 0.5) is 0 Å². The minimum Gasteiger partial charge on any atom is -0.337 e. The molecule has 1 aromatic carbocycles. The molecule has 4 heteroatoms. The van der Waals surface area contributed by atoms with Gasteiger partial charge >= 0.3 is 0 Å². The molecule has 0 radical (unpaired) electrons. The van der Waals surface area contributed by atoms with E-state index in [1.165, 1.54) is 5.56 Å². The summed E-state index contributed by atoms with van der Waals surface area (Å²) in [7, 11) is 2.11. The molecular formula is C15H21ClN2O. The summed E-state index contributed by atoms with van der Waals surface area (Å²) in [6.45, 7) is 2.69. The van der Waals surface area contributed by atoms with Crippen molar-refractivity contribution in [3.63, 3.8) is 0 Å². The molecule has 0 saturated carbocycles. The van der Waals surface area contributed by atoms with Gasteiger partial charge < -0.3 is 9.80 Å². The molecule has 1 saturated heterocycles. The Hall–Kier alpha value is -1.06. The highest BCUT2D eigenvalue weighted by Gasteiger charge is 2.28. The number of carbonyl (C=O) groups is 1. The van der Waals surface area contributed by atoms with Gasteiger partial charge in [-0.3, -0.25) is 4.79 Å². The summed E-state index contributed by atoms with van der Waals surface area (Å²) in [6, 6.07) is 10.7. The summed E-state index contributed by atoms with van der Waals surface area (Å²) in [6.07, 6.45) is 2.17. The van der Waals surface area contributed by atoms with E-state index in [1.807, 2.05) is 11.0 Å². The van der Waals surface area contributed by atoms with Crippen LogP contribution >= 0.6 is 11.6 Å². The Morgan fingerprint density at radius 1 is 1.42 bits per heavy atom. The minimum absolute atomic E-state index is 0.0669. The number of amides is 1. The van der Waals surface area contributed by atoms with E-state index in [-0.39, 0.29) is 11.8 Å². The number of carbonyl (C=O) groups excluding carboxylic acids is 1. The number of rotatable bonds is 5. The van der Waals surface area contributed by atoms with Gasteiger partial charge in [0.15, 0.2) is 0 Å². The predicted molar refractivity (Wildman–Crippen MR) is 78.2 cm³/mol. The topological polar surface area (TPSA) is 23.6 Å². The zero-order chi connectivity index (χ0) is 13.7. The van der Waals surface area contributed by atoms with Gasteiger partial charge in [-0.05, 0) is 25.5 Å². The molecule has 19 heavy (non-hydrogen) atoms. The van der Waals surface area contributed by atoms with Crippen LogP contribution in [0.2, 0.25) is 0 Å². The molecule has 1 heterocycles. The molecule has 0 N–H and O–H groups in total. The summed E-state index contributed by atoms with van der Waals surface area (Å²) in [5.74, 6) is 0.163. The lowest BCUT2D eigenvalue weighted by Crippen LogP contribution is -2.42. The number of likely N-dealkylation sites (tertiary alicyclic amines) is 1. The first kappa shape index (κ1) is 14.4. The smallest absolute Gasteiger partial charge is 0.237 e. The lowest BCUT2D eigenvalue weighted by Gasteiger charge is -2.28. The Balaban J connectivity index is 1.88. The van der Waals surface area contributed by atoms with Gasteiger partial charge in [0.1, 0.15) is 5.88 Å². The van der Waals surface area contributed by atoms with Crippen molar-refractivity contribution in [2.75, 3.05) is 26.0 Å². The first-order chi connectivity index (χ1) is 9.20. The Labute approximate surface area is 120 Å². The number of hydrogen-bond donors (Lipinski definition) is 0. The predicted octanol–water partition coefficient (Wildman–Crippen LogP) is 2.35. The summed E-state index contributed by atoms with van der Waals surface area (Å²) in [5, 5.41) is 0.